The van der Waals surface area contributed by atoms with Crippen molar-refractivity contribution in [2.45, 2.75) is 13.3 Å². The average molecular weight is 235 g/mol. The number of benzene rings is 1. The lowest BCUT2D eigenvalue weighted by Crippen LogP contribution is -2.40. The van der Waals surface area contributed by atoms with Crippen LogP contribution in [0.4, 0.5) is 10.5 Å². The van der Waals surface area contributed by atoms with E-state index in [9.17, 15) is 4.79 Å². The highest BCUT2D eigenvalue weighted by molar-refractivity contribution is 5.92. The summed E-state index contributed by atoms with van der Waals surface area (Å²) in [4.78, 5) is 15.5. The van der Waals surface area contributed by atoms with Gasteiger partial charge in [-0.3, -0.25) is 4.90 Å². The highest BCUT2D eigenvalue weighted by atomic mass is 16.2. The molecule has 1 aromatic carbocycles. The molecular formula is C13H21N3O. The number of carbonyl (C=O) groups excluding carboxylic acids is 1. The van der Waals surface area contributed by atoms with Crippen molar-refractivity contribution < 1.29 is 4.79 Å². The molecule has 17 heavy (non-hydrogen) atoms. The van der Waals surface area contributed by atoms with Gasteiger partial charge < -0.3 is 10.6 Å². The second-order valence-electron chi connectivity index (χ2n) is 4.26. The van der Waals surface area contributed by atoms with Crippen LogP contribution in [0.3, 0.4) is 0 Å². The van der Waals surface area contributed by atoms with Crippen molar-refractivity contribution in [2.24, 2.45) is 5.73 Å². The van der Waals surface area contributed by atoms with Gasteiger partial charge in [-0.05, 0) is 31.5 Å². The van der Waals surface area contributed by atoms with Gasteiger partial charge in [0, 0.05) is 26.3 Å². The Hall–Kier alpha value is -1.55. The summed E-state index contributed by atoms with van der Waals surface area (Å²) in [5.41, 5.74) is 7.57. The van der Waals surface area contributed by atoms with Gasteiger partial charge in [-0.1, -0.05) is 18.2 Å². The number of aryl methyl sites for hydroxylation is 1. The van der Waals surface area contributed by atoms with Crippen LogP contribution in [-0.2, 0) is 0 Å². The van der Waals surface area contributed by atoms with E-state index < -0.39 is 0 Å². The lowest BCUT2D eigenvalue weighted by Gasteiger charge is -2.27. The first-order valence-electron chi connectivity index (χ1n) is 5.82. The number of carbonyl (C=O) groups is 1. The summed E-state index contributed by atoms with van der Waals surface area (Å²) < 4.78 is 0. The third-order valence-electron chi connectivity index (χ3n) is 2.61. The average Bonchev–Trinajstić information content (AvgIpc) is 2.31. The molecule has 2 amide bonds. The number of anilines is 1. The number of para-hydroxylation sites is 1. The van der Waals surface area contributed by atoms with Crippen molar-refractivity contribution in [1.29, 1.82) is 0 Å². The van der Waals surface area contributed by atoms with Crippen molar-refractivity contribution in [3.05, 3.63) is 29.8 Å². The molecule has 0 heterocycles. The summed E-state index contributed by atoms with van der Waals surface area (Å²) >= 11 is 0. The maximum atomic E-state index is 12.1. The van der Waals surface area contributed by atoms with Crippen LogP contribution in [0.25, 0.3) is 0 Å². The zero-order chi connectivity index (χ0) is 12.8. The lowest BCUT2D eigenvalue weighted by atomic mass is 10.2. The van der Waals surface area contributed by atoms with E-state index in [1.54, 1.807) is 23.9 Å². The monoisotopic (exact) mass is 235 g/mol. The van der Waals surface area contributed by atoms with Gasteiger partial charge in [0.05, 0.1) is 0 Å². The number of urea groups is 1. The van der Waals surface area contributed by atoms with Crippen molar-refractivity contribution in [2.75, 3.05) is 32.1 Å². The van der Waals surface area contributed by atoms with Gasteiger partial charge in [-0.15, -0.1) is 0 Å². The lowest BCUT2D eigenvalue weighted by molar-refractivity contribution is 0.223. The molecule has 4 heteroatoms. The molecule has 0 radical (unpaired) electrons. The standard InChI is InChI=1S/C13H21N3O/c1-11-7-4-5-8-12(11)16(10-6-9-14)13(17)15(2)3/h4-5,7-8H,6,9-10,14H2,1-3H3. The zero-order valence-corrected chi connectivity index (χ0v) is 10.8. The third kappa shape index (κ3) is 3.46. The molecule has 0 unspecified atom stereocenters. The van der Waals surface area contributed by atoms with Gasteiger partial charge >= 0.3 is 6.03 Å². The second-order valence-corrected chi connectivity index (χ2v) is 4.26. The Bertz CT molecular complexity index is 377. The summed E-state index contributed by atoms with van der Waals surface area (Å²) in [5, 5.41) is 0. The van der Waals surface area contributed by atoms with E-state index in [-0.39, 0.29) is 6.03 Å². The molecule has 0 saturated carbocycles. The Labute approximate surface area is 103 Å². The topological polar surface area (TPSA) is 49.6 Å². The van der Waals surface area contributed by atoms with Gasteiger partial charge in [0.2, 0.25) is 0 Å². The Morgan fingerprint density at radius 2 is 1.94 bits per heavy atom. The number of rotatable bonds is 4. The van der Waals surface area contributed by atoms with Crippen LogP contribution in [0.2, 0.25) is 0 Å². The van der Waals surface area contributed by atoms with Crippen molar-refractivity contribution >= 4 is 11.7 Å². The summed E-state index contributed by atoms with van der Waals surface area (Å²) in [6.45, 7) is 3.25. The van der Waals surface area contributed by atoms with Gasteiger partial charge in [-0.25, -0.2) is 4.79 Å². The molecule has 2 N–H and O–H groups in total. The number of hydrogen-bond acceptors (Lipinski definition) is 2. The molecule has 0 bridgehead atoms. The fourth-order valence-electron chi connectivity index (χ4n) is 1.68. The van der Waals surface area contributed by atoms with E-state index in [1.807, 2.05) is 31.2 Å². The van der Waals surface area contributed by atoms with E-state index in [0.717, 1.165) is 17.7 Å². The Kier molecular flexibility index (Phi) is 4.97. The van der Waals surface area contributed by atoms with E-state index in [1.165, 1.54) is 0 Å². The first kappa shape index (κ1) is 13.5. The van der Waals surface area contributed by atoms with E-state index >= 15 is 0 Å². The largest absolute Gasteiger partial charge is 0.330 e. The van der Waals surface area contributed by atoms with Crippen LogP contribution < -0.4 is 10.6 Å². The van der Waals surface area contributed by atoms with Gasteiger partial charge in [0.1, 0.15) is 0 Å². The third-order valence-corrected chi connectivity index (χ3v) is 2.61. The molecule has 0 fully saturated rings. The maximum Gasteiger partial charge on any atom is 0.323 e. The molecule has 1 rings (SSSR count). The zero-order valence-electron chi connectivity index (χ0n) is 10.8. The SMILES string of the molecule is Cc1ccccc1N(CCCN)C(=O)N(C)C. The van der Waals surface area contributed by atoms with Crippen LogP contribution in [0.15, 0.2) is 24.3 Å². The molecule has 1 aromatic rings. The van der Waals surface area contributed by atoms with Crippen LogP contribution in [0.1, 0.15) is 12.0 Å². The minimum absolute atomic E-state index is 0.00671. The molecular weight excluding hydrogens is 214 g/mol. The molecule has 0 atom stereocenters. The number of hydrogen-bond donors (Lipinski definition) is 1. The molecule has 4 nitrogen and oxygen atoms in total. The first-order valence-corrected chi connectivity index (χ1v) is 5.82. The highest BCUT2D eigenvalue weighted by Gasteiger charge is 2.18. The van der Waals surface area contributed by atoms with Crippen LogP contribution in [0.5, 0.6) is 0 Å². The summed E-state index contributed by atoms with van der Waals surface area (Å²) in [5.74, 6) is 0. The van der Waals surface area contributed by atoms with E-state index in [4.69, 9.17) is 5.73 Å². The minimum Gasteiger partial charge on any atom is -0.330 e. The van der Waals surface area contributed by atoms with Crippen LogP contribution in [0, 0.1) is 6.92 Å². The second kappa shape index (κ2) is 6.25. The van der Waals surface area contributed by atoms with Gasteiger partial charge in [-0.2, -0.15) is 0 Å². The predicted molar refractivity (Wildman–Crippen MR) is 71.3 cm³/mol. The maximum absolute atomic E-state index is 12.1. The number of nitrogens with two attached hydrogens (primary N) is 1. The highest BCUT2D eigenvalue weighted by Crippen LogP contribution is 2.20. The molecule has 0 aliphatic carbocycles. The molecule has 0 spiro atoms. The van der Waals surface area contributed by atoms with Crippen molar-refractivity contribution in [3.8, 4) is 0 Å². The number of nitrogens with zero attached hydrogens (tertiary/aromatic N) is 2. The van der Waals surface area contributed by atoms with E-state index in [2.05, 4.69) is 0 Å². The molecule has 0 aliphatic heterocycles. The summed E-state index contributed by atoms with van der Waals surface area (Å²) in [7, 11) is 3.52. The molecule has 0 saturated heterocycles. The Balaban J connectivity index is 2.98. The van der Waals surface area contributed by atoms with E-state index in [0.29, 0.717) is 13.1 Å². The molecule has 0 aromatic heterocycles. The fourth-order valence-corrected chi connectivity index (χ4v) is 1.68. The van der Waals surface area contributed by atoms with Crippen LogP contribution in [-0.4, -0.2) is 38.1 Å². The van der Waals surface area contributed by atoms with Crippen LogP contribution >= 0.6 is 0 Å². The Morgan fingerprint density at radius 3 is 2.47 bits per heavy atom. The molecule has 0 aliphatic rings. The Morgan fingerprint density at radius 1 is 1.29 bits per heavy atom. The van der Waals surface area contributed by atoms with Gasteiger partial charge in [0.25, 0.3) is 0 Å². The quantitative estimate of drug-likeness (QED) is 0.865. The fraction of sp³-hybridized carbons (Fsp3) is 0.462. The smallest absolute Gasteiger partial charge is 0.323 e. The summed E-state index contributed by atoms with van der Waals surface area (Å²) in [6.07, 6.45) is 0.800. The number of amides is 2. The minimum atomic E-state index is -0.00671. The normalized spacial score (nSPS) is 10.1. The molecule has 94 valence electrons. The van der Waals surface area contributed by atoms with Crippen molar-refractivity contribution in [1.82, 2.24) is 4.90 Å². The van der Waals surface area contributed by atoms with Crippen molar-refractivity contribution in [3.63, 3.8) is 0 Å². The predicted octanol–water partition coefficient (Wildman–Crippen LogP) is 1.83. The summed E-state index contributed by atoms with van der Waals surface area (Å²) in [6, 6.07) is 7.88. The first-order chi connectivity index (χ1) is 8.07. The van der Waals surface area contributed by atoms with Gasteiger partial charge in [0.15, 0.2) is 0 Å².